The number of aromatic amines is 1. The molecule has 1 N–H and O–H groups in total. The maximum atomic E-state index is 12.6. The lowest BCUT2D eigenvalue weighted by molar-refractivity contribution is 0.121. The Morgan fingerprint density at radius 2 is 2.04 bits per heavy atom. The number of H-pyrrole nitrogens is 1. The minimum Gasteiger partial charge on any atom is -0.378 e. The first-order chi connectivity index (χ1) is 13.5. The number of anilines is 1. The van der Waals surface area contributed by atoms with Crippen molar-refractivity contribution in [3.63, 3.8) is 0 Å². The summed E-state index contributed by atoms with van der Waals surface area (Å²) in [4.78, 5) is 24.4. The molecule has 4 heterocycles. The van der Waals surface area contributed by atoms with Gasteiger partial charge in [-0.25, -0.2) is 4.98 Å². The monoisotopic (exact) mass is 420 g/mol. The molecule has 1 atom stereocenters. The summed E-state index contributed by atoms with van der Waals surface area (Å²) in [6, 6.07) is 0. The van der Waals surface area contributed by atoms with Gasteiger partial charge < -0.3 is 14.6 Å². The molecule has 0 spiro atoms. The summed E-state index contributed by atoms with van der Waals surface area (Å²) in [6.45, 7) is 12.0. The van der Waals surface area contributed by atoms with E-state index in [4.69, 9.17) is 9.72 Å². The third-order valence-corrected chi connectivity index (χ3v) is 7.22. The van der Waals surface area contributed by atoms with E-state index in [0.29, 0.717) is 24.4 Å². The Labute approximate surface area is 171 Å². The average molecular weight is 421 g/mol. The fourth-order valence-corrected chi connectivity index (χ4v) is 5.32. The van der Waals surface area contributed by atoms with Crippen molar-refractivity contribution in [3.8, 4) is 0 Å². The standard InChI is InChI=1S/C18H24N6O2S2/c1-5-24-17(23-6-8-26-9-7-23)21-22-18(24)28-12(4)14-19-15(25)13-10(2)11(3)27-16(13)20-14/h12H,5-9H2,1-4H3,(H,19,20,25)/t12-/m1/s1. The lowest BCUT2D eigenvalue weighted by atomic mass is 10.2. The van der Waals surface area contributed by atoms with Gasteiger partial charge in [0.05, 0.1) is 23.8 Å². The molecule has 28 heavy (non-hydrogen) atoms. The first kappa shape index (κ1) is 19.4. The number of aryl methyl sites for hydroxylation is 2. The molecule has 0 saturated carbocycles. The van der Waals surface area contributed by atoms with E-state index >= 15 is 0 Å². The van der Waals surface area contributed by atoms with E-state index in [1.807, 2.05) is 20.8 Å². The van der Waals surface area contributed by atoms with Gasteiger partial charge in [0.15, 0.2) is 5.16 Å². The van der Waals surface area contributed by atoms with Crippen molar-refractivity contribution < 1.29 is 4.74 Å². The second kappa shape index (κ2) is 7.84. The number of rotatable bonds is 5. The molecule has 0 aliphatic carbocycles. The first-order valence-corrected chi connectivity index (χ1v) is 11.1. The van der Waals surface area contributed by atoms with Gasteiger partial charge in [-0.1, -0.05) is 11.8 Å². The molecule has 0 radical (unpaired) electrons. The number of hydrogen-bond acceptors (Lipinski definition) is 8. The van der Waals surface area contributed by atoms with Crippen molar-refractivity contribution in [2.24, 2.45) is 0 Å². The molecule has 4 rings (SSSR count). The van der Waals surface area contributed by atoms with Crippen LogP contribution in [-0.2, 0) is 11.3 Å². The summed E-state index contributed by atoms with van der Waals surface area (Å²) < 4.78 is 7.55. The highest BCUT2D eigenvalue weighted by molar-refractivity contribution is 7.99. The fraction of sp³-hybridized carbons (Fsp3) is 0.556. The summed E-state index contributed by atoms with van der Waals surface area (Å²) in [7, 11) is 0. The van der Waals surface area contributed by atoms with Crippen molar-refractivity contribution in [3.05, 3.63) is 26.6 Å². The number of nitrogens with one attached hydrogen (secondary N) is 1. The average Bonchev–Trinajstić information content (AvgIpc) is 3.22. The van der Waals surface area contributed by atoms with E-state index in [1.165, 1.54) is 0 Å². The molecular formula is C18H24N6O2S2. The van der Waals surface area contributed by atoms with Gasteiger partial charge in [0.1, 0.15) is 10.7 Å². The highest BCUT2D eigenvalue weighted by atomic mass is 32.2. The largest absolute Gasteiger partial charge is 0.378 e. The van der Waals surface area contributed by atoms with Gasteiger partial charge in [0.25, 0.3) is 5.56 Å². The van der Waals surface area contributed by atoms with Gasteiger partial charge >= 0.3 is 0 Å². The second-order valence-corrected chi connectivity index (χ2v) is 9.31. The molecule has 0 unspecified atom stereocenters. The van der Waals surface area contributed by atoms with Crippen LogP contribution in [0.4, 0.5) is 5.95 Å². The number of hydrogen-bond donors (Lipinski definition) is 1. The molecule has 1 saturated heterocycles. The van der Waals surface area contributed by atoms with Crippen molar-refractivity contribution in [1.82, 2.24) is 24.7 Å². The second-order valence-electron chi connectivity index (χ2n) is 6.80. The molecule has 8 nitrogen and oxygen atoms in total. The third-order valence-electron chi connectivity index (χ3n) is 5.03. The predicted octanol–water partition coefficient (Wildman–Crippen LogP) is 2.90. The molecule has 3 aromatic rings. The Kier molecular flexibility index (Phi) is 5.44. The molecule has 150 valence electrons. The number of thioether (sulfide) groups is 1. The third kappa shape index (κ3) is 3.44. The Balaban J connectivity index is 1.62. The lowest BCUT2D eigenvalue weighted by Gasteiger charge is -2.27. The Morgan fingerprint density at radius 1 is 1.29 bits per heavy atom. The van der Waals surface area contributed by atoms with Gasteiger partial charge in [-0.05, 0) is 33.3 Å². The highest BCUT2D eigenvalue weighted by Gasteiger charge is 2.23. The quantitative estimate of drug-likeness (QED) is 0.635. The minimum atomic E-state index is -0.0692. The van der Waals surface area contributed by atoms with E-state index in [2.05, 4.69) is 31.6 Å². The number of morpholine rings is 1. The molecule has 1 aliphatic heterocycles. The van der Waals surface area contributed by atoms with E-state index in [-0.39, 0.29) is 10.8 Å². The van der Waals surface area contributed by atoms with E-state index in [9.17, 15) is 4.79 Å². The number of aromatic nitrogens is 5. The summed E-state index contributed by atoms with van der Waals surface area (Å²) in [5.74, 6) is 1.55. The highest BCUT2D eigenvalue weighted by Crippen LogP contribution is 2.35. The summed E-state index contributed by atoms with van der Waals surface area (Å²) in [5, 5.41) is 10.3. The maximum Gasteiger partial charge on any atom is 0.259 e. The Bertz CT molecular complexity index is 1050. The van der Waals surface area contributed by atoms with Crippen molar-refractivity contribution in [2.45, 2.75) is 44.6 Å². The topological polar surface area (TPSA) is 88.9 Å². The smallest absolute Gasteiger partial charge is 0.259 e. The van der Waals surface area contributed by atoms with Crippen LogP contribution in [0.25, 0.3) is 10.2 Å². The predicted molar refractivity (Wildman–Crippen MR) is 113 cm³/mol. The molecule has 0 aromatic carbocycles. The van der Waals surface area contributed by atoms with Crippen LogP contribution in [0.5, 0.6) is 0 Å². The number of fused-ring (bicyclic) bond motifs is 1. The molecule has 0 amide bonds. The van der Waals surface area contributed by atoms with Crippen LogP contribution < -0.4 is 10.5 Å². The molecular weight excluding hydrogens is 396 g/mol. The molecule has 1 aliphatic rings. The summed E-state index contributed by atoms with van der Waals surface area (Å²) >= 11 is 3.13. The van der Waals surface area contributed by atoms with Gasteiger partial charge in [-0.3, -0.25) is 9.36 Å². The van der Waals surface area contributed by atoms with Crippen LogP contribution in [0.2, 0.25) is 0 Å². The van der Waals surface area contributed by atoms with Crippen LogP contribution in [0.15, 0.2) is 9.95 Å². The first-order valence-electron chi connectivity index (χ1n) is 9.42. The Morgan fingerprint density at radius 3 is 2.75 bits per heavy atom. The Hall–Kier alpha value is -1.91. The zero-order chi connectivity index (χ0) is 19.8. The zero-order valence-corrected chi connectivity index (χ0v) is 18.1. The van der Waals surface area contributed by atoms with Crippen LogP contribution in [-0.4, -0.2) is 51.0 Å². The lowest BCUT2D eigenvalue weighted by Crippen LogP contribution is -2.38. The maximum absolute atomic E-state index is 12.6. The van der Waals surface area contributed by atoms with E-state index in [1.54, 1.807) is 23.1 Å². The van der Waals surface area contributed by atoms with E-state index < -0.39 is 0 Å². The van der Waals surface area contributed by atoms with Crippen LogP contribution >= 0.6 is 23.1 Å². The van der Waals surface area contributed by atoms with Crippen LogP contribution in [0, 0.1) is 13.8 Å². The van der Waals surface area contributed by atoms with Gasteiger partial charge in [-0.15, -0.1) is 21.5 Å². The number of nitrogens with zero attached hydrogens (tertiary/aromatic N) is 5. The molecule has 3 aromatic heterocycles. The van der Waals surface area contributed by atoms with Gasteiger partial charge in [-0.2, -0.15) is 0 Å². The van der Waals surface area contributed by atoms with Crippen LogP contribution in [0.1, 0.15) is 35.4 Å². The summed E-state index contributed by atoms with van der Waals surface area (Å²) in [6.07, 6.45) is 0. The van der Waals surface area contributed by atoms with E-state index in [0.717, 1.165) is 46.0 Å². The zero-order valence-electron chi connectivity index (χ0n) is 16.5. The van der Waals surface area contributed by atoms with Gasteiger partial charge in [0.2, 0.25) is 5.95 Å². The van der Waals surface area contributed by atoms with Crippen LogP contribution in [0.3, 0.4) is 0 Å². The fourth-order valence-electron chi connectivity index (χ4n) is 3.32. The SMILES string of the molecule is CCn1c(S[C@H](C)c2nc3sc(C)c(C)c3c(=O)[nH]2)nnc1N1CCOCC1. The summed E-state index contributed by atoms with van der Waals surface area (Å²) in [5.41, 5.74) is 0.946. The molecule has 10 heteroatoms. The number of ether oxygens (including phenoxy) is 1. The van der Waals surface area contributed by atoms with Crippen molar-refractivity contribution in [1.29, 1.82) is 0 Å². The normalized spacial score (nSPS) is 16.1. The van der Waals surface area contributed by atoms with Crippen molar-refractivity contribution in [2.75, 3.05) is 31.2 Å². The minimum absolute atomic E-state index is 0.0492. The number of thiophene rings is 1. The molecule has 1 fully saturated rings. The van der Waals surface area contributed by atoms with Gasteiger partial charge in [0, 0.05) is 24.5 Å². The van der Waals surface area contributed by atoms with Crippen molar-refractivity contribution >= 4 is 39.3 Å². The molecule has 0 bridgehead atoms.